The number of carbonyl (C=O) groups is 2. The molecule has 0 saturated heterocycles. The Balaban J connectivity index is 2.10. The Bertz CT molecular complexity index is 715. The maximum absolute atomic E-state index is 12.3. The summed E-state index contributed by atoms with van der Waals surface area (Å²) in [5.41, 5.74) is 2.04. The summed E-state index contributed by atoms with van der Waals surface area (Å²) in [5, 5.41) is 14.4. The number of carbonyl (C=O) groups excluding carboxylic acids is 1. The molecule has 0 saturated carbocycles. The highest BCUT2D eigenvalue weighted by molar-refractivity contribution is 7.09. The van der Waals surface area contributed by atoms with Crippen LogP contribution in [0.5, 0.6) is 0 Å². The normalized spacial score (nSPS) is 12.0. The molecule has 2 rings (SSSR count). The van der Waals surface area contributed by atoms with Gasteiger partial charge in [-0.1, -0.05) is 17.7 Å². The van der Waals surface area contributed by atoms with Crippen LogP contribution in [0.4, 0.5) is 5.69 Å². The summed E-state index contributed by atoms with van der Waals surface area (Å²) in [7, 11) is 0. The van der Waals surface area contributed by atoms with Crippen molar-refractivity contribution in [2.45, 2.75) is 26.2 Å². The average Bonchev–Trinajstić information content (AvgIpc) is 2.89. The van der Waals surface area contributed by atoms with E-state index < -0.39 is 11.9 Å². The number of aromatic nitrogens is 1. The van der Waals surface area contributed by atoms with Crippen LogP contribution in [-0.4, -0.2) is 22.0 Å². The largest absolute Gasteiger partial charge is 0.481 e. The second-order valence-electron chi connectivity index (χ2n) is 4.92. The summed E-state index contributed by atoms with van der Waals surface area (Å²) in [6.45, 7) is 3.61. The number of hydrogen-bond donors (Lipinski definition) is 2. The SMILES string of the molecule is Cc1ccc(Cl)cc1NC(=O)[C@@H](C)c1nc(CC(=O)O)cs1. The van der Waals surface area contributed by atoms with E-state index in [9.17, 15) is 9.59 Å². The minimum Gasteiger partial charge on any atom is -0.481 e. The summed E-state index contributed by atoms with van der Waals surface area (Å²) < 4.78 is 0. The van der Waals surface area contributed by atoms with Crippen molar-refractivity contribution in [2.75, 3.05) is 5.32 Å². The van der Waals surface area contributed by atoms with Gasteiger partial charge in [-0.25, -0.2) is 4.98 Å². The third-order valence-corrected chi connectivity index (χ3v) is 4.43. The molecule has 0 radical (unpaired) electrons. The van der Waals surface area contributed by atoms with Gasteiger partial charge in [0.05, 0.1) is 18.0 Å². The minimum atomic E-state index is -0.941. The maximum Gasteiger partial charge on any atom is 0.309 e. The van der Waals surface area contributed by atoms with Crippen molar-refractivity contribution in [2.24, 2.45) is 0 Å². The van der Waals surface area contributed by atoms with Crippen molar-refractivity contribution in [1.29, 1.82) is 0 Å². The number of carboxylic acid groups (broad SMARTS) is 1. The fraction of sp³-hybridized carbons (Fsp3) is 0.267. The number of aliphatic carboxylic acids is 1. The van der Waals surface area contributed by atoms with Crippen LogP contribution < -0.4 is 5.32 Å². The molecule has 1 atom stereocenters. The topological polar surface area (TPSA) is 79.3 Å². The standard InChI is InChI=1S/C15H15ClN2O3S/c1-8-3-4-10(16)5-12(8)18-14(21)9(2)15-17-11(7-22-15)6-13(19)20/h3-5,7,9H,6H2,1-2H3,(H,18,21)(H,19,20)/t9-/m1/s1. The molecule has 1 amide bonds. The van der Waals surface area contributed by atoms with E-state index in [4.69, 9.17) is 16.7 Å². The molecule has 0 spiro atoms. The number of anilines is 1. The molecule has 7 heteroatoms. The van der Waals surface area contributed by atoms with Crippen LogP contribution in [0.3, 0.4) is 0 Å². The number of nitrogens with zero attached hydrogens (tertiary/aromatic N) is 1. The zero-order valence-corrected chi connectivity index (χ0v) is 13.7. The van der Waals surface area contributed by atoms with Crippen LogP contribution in [0.25, 0.3) is 0 Å². The highest BCUT2D eigenvalue weighted by atomic mass is 35.5. The number of hydrogen-bond acceptors (Lipinski definition) is 4. The number of halogens is 1. The van der Waals surface area contributed by atoms with E-state index in [1.54, 1.807) is 24.4 Å². The van der Waals surface area contributed by atoms with Crippen LogP contribution in [-0.2, 0) is 16.0 Å². The van der Waals surface area contributed by atoms with Crippen molar-refractivity contribution >= 4 is 40.5 Å². The van der Waals surface area contributed by atoms with Gasteiger partial charge in [-0.3, -0.25) is 9.59 Å². The van der Waals surface area contributed by atoms with Crippen LogP contribution in [0.2, 0.25) is 5.02 Å². The maximum atomic E-state index is 12.3. The molecule has 1 aromatic carbocycles. The molecular formula is C15H15ClN2O3S. The first-order valence-corrected chi connectivity index (χ1v) is 7.85. The number of carboxylic acids is 1. The van der Waals surface area contributed by atoms with Gasteiger partial charge in [0.15, 0.2) is 0 Å². The third-order valence-electron chi connectivity index (χ3n) is 3.12. The van der Waals surface area contributed by atoms with Gasteiger partial charge >= 0.3 is 5.97 Å². The number of aryl methyl sites for hydroxylation is 1. The van der Waals surface area contributed by atoms with Gasteiger partial charge in [0.25, 0.3) is 0 Å². The van der Waals surface area contributed by atoms with Crippen molar-refractivity contribution in [3.8, 4) is 0 Å². The summed E-state index contributed by atoms with van der Waals surface area (Å²) in [4.78, 5) is 27.2. The quantitative estimate of drug-likeness (QED) is 0.874. The molecule has 2 aromatic rings. The van der Waals surface area contributed by atoms with Gasteiger partial charge < -0.3 is 10.4 Å². The predicted molar refractivity (Wildman–Crippen MR) is 86.7 cm³/mol. The minimum absolute atomic E-state index is 0.141. The molecule has 22 heavy (non-hydrogen) atoms. The van der Waals surface area contributed by atoms with Crippen LogP contribution >= 0.6 is 22.9 Å². The summed E-state index contributed by atoms with van der Waals surface area (Å²) >= 11 is 7.22. The van der Waals surface area contributed by atoms with Gasteiger partial charge in [-0.15, -0.1) is 11.3 Å². The van der Waals surface area contributed by atoms with E-state index in [0.29, 0.717) is 21.4 Å². The zero-order chi connectivity index (χ0) is 16.3. The Morgan fingerprint density at radius 1 is 1.45 bits per heavy atom. The lowest BCUT2D eigenvalue weighted by Gasteiger charge is -2.12. The molecule has 0 aliphatic rings. The molecule has 5 nitrogen and oxygen atoms in total. The highest BCUT2D eigenvalue weighted by Gasteiger charge is 2.20. The smallest absolute Gasteiger partial charge is 0.309 e. The molecule has 116 valence electrons. The Hall–Kier alpha value is -1.92. The fourth-order valence-electron chi connectivity index (χ4n) is 1.84. The third kappa shape index (κ3) is 4.05. The molecule has 2 N–H and O–H groups in total. The molecule has 0 bridgehead atoms. The molecule has 1 heterocycles. The van der Waals surface area contributed by atoms with Crippen molar-refractivity contribution in [3.63, 3.8) is 0 Å². The van der Waals surface area contributed by atoms with Crippen molar-refractivity contribution in [1.82, 2.24) is 4.98 Å². The summed E-state index contributed by atoms with van der Waals surface area (Å²) in [5.74, 6) is -1.61. The van der Waals surface area contributed by atoms with E-state index >= 15 is 0 Å². The lowest BCUT2D eigenvalue weighted by molar-refractivity contribution is -0.136. The van der Waals surface area contributed by atoms with E-state index in [2.05, 4.69) is 10.3 Å². The van der Waals surface area contributed by atoms with E-state index in [1.165, 1.54) is 11.3 Å². The van der Waals surface area contributed by atoms with Crippen LogP contribution in [0, 0.1) is 6.92 Å². The zero-order valence-electron chi connectivity index (χ0n) is 12.1. The van der Waals surface area contributed by atoms with Gasteiger partial charge in [-0.05, 0) is 31.5 Å². The lowest BCUT2D eigenvalue weighted by Crippen LogP contribution is -2.19. The van der Waals surface area contributed by atoms with E-state index in [1.807, 2.05) is 13.0 Å². The number of rotatable bonds is 5. The van der Waals surface area contributed by atoms with Crippen LogP contribution in [0.15, 0.2) is 23.6 Å². The van der Waals surface area contributed by atoms with Gasteiger partial charge in [0.2, 0.25) is 5.91 Å². The second-order valence-corrected chi connectivity index (χ2v) is 6.24. The van der Waals surface area contributed by atoms with Gasteiger partial charge in [0.1, 0.15) is 5.01 Å². The lowest BCUT2D eigenvalue weighted by atomic mass is 10.1. The number of benzene rings is 1. The number of amides is 1. The Labute approximate surface area is 137 Å². The number of nitrogens with one attached hydrogen (secondary N) is 1. The van der Waals surface area contributed by atoms with Crippen LogP contribution in [0.1, 0.15) is 29.1 Å². The van der Waals surface area contributed by atoms with Gasteiger partial charge in [0, 0.05) is 16.1 Å². The van der Waals surface area contributed by atoms with Crippen molar-refractivity contribution in [3.05, 3.63) is 44.9 Å². The highest BCUT2D eigenvalue weighted by Crippen LogP contribution is 2.25. The Morgan fingerprint density at radius 2 is 2.18 bits per heavy atom. The molecule has 0 aliphatic heterocycles. The molecule has 0 aliphatic carbocycles. The summed E-state index contributed by atoms with van der Waals surface area (Å²) in [6.07, 6.45) is -0.141. The second kappa shape index (κ2) is 6.89. The van der Waals surface area contributed by atoms with Crippen molar-refractivity contribution < 1.29 is 14.7 Å². The first kappa shape index (κ1) is 16.5. The monoisotopic (exact) mass is 338 g/mol. The predicted octanol–water partition coefficient (Wildman–Crippen LogP) is 3.47. The fourth-order valence-corrected chi connectivity index (χ4v) is 2.89. The molecule has 0 fully saturated rings. The summed E-state index contributed by atoms with van der Waals surface area (Å²) in [6, 6.07) is 5.28. The van der Waals surface area contributed by atoms with E-state index in [0.717, 1.165) is 5.56 Å². The molecule has 1 aromatic heterocycles. The molecule has 0 unspecified atom stereocenters. The first-order chi connectivity index (χ1) is 10.4. The average molecular weight is 339 g/mol. The number of thiazole rings is 1. The van der Waals surface area contributed by atoms with Gasteiger partial charge in [-0.2, -0.15) is 0 Å². The van der Waals surface area contributed by atoms with E-state index in [-0.39, 0.29) is 12.3 Å². The molecular weight excluding hydrogens is 324 g/mol. The Morgan fingerprint density at radius 3 is 2.86 bits per heavy atom. The Kier molecular flexibility index (Phi) is 5.15. The first-order valence-electron chi connectivity index (χ1n) is 6.60.